The highest BCUT2D eigenvalue weighted by Crippen LogP contribution is 2.13. The van der Waals surface area contributed by atoms with E-state index in [1.165, 1.54) is 24.8 Å². The van der Waals surface area contributed by atoms with E-state index >= 15 is 0 Å². The molecule has 98 valence electrons. The van der Waals surface area contributed by atoms with Gasteiger partial charge in [0.25, 0.3) is 0 Å². The Morgan fingerprint density at radius 3 is 2.53 bits per heavy atom. The molecule has 0 spiro atoms. The molecule has 0 bridgehead atoms. The quantitative estimate of drug-likeness (QED) is 0.790. The summed E-state index contributed by atoms with van der Waals surface area (Å²) in [5.74, 6) is 0.808. The van der Waals surface area contributed by atoms with Gasteiger partial charge in [-0.2, -0.15) is 5.10 Å². The molecular formula is C14H27N3. The molecule has 0 radical (unpaired) electrons. The molecular weight excluding hydrogens is 210 g/mol. The first-order valence-corrected chi connectivity index (χ1v) is 6.79. The van der Waals surface area contributed by atoms with Gasteiger partial charge in [0.1, 0.15) is 0 Å². The number of aryl methyl sites for hydroxylation is 2. The van der Waals surface area contributed by atoms with Crippen molar-refractivity contribution in [3.63, 3.8) is 0 Å². The van der Waals surface area contributed by atoms with E-state index in [9.17, 15) is 0 Å². The van der Waals surface area contributed by atoms with Crippen LogP contribution in [0.15, 0.2) is 6.20 Å². The van der Waals surface area contributed by atoms with Crippen molar-refractivity contribution in [1.29, 1.82) is 0 Å². The molecule has 3 heteroatoms. The summed E-state index contributed by atoms with van der Waals surface area (Å²) in [6.07, 6.45) is 5.85. The Hall–Kier alpha value is -0.830. The van der Waals surface area contributed by atoms with Crippen LogP contribution in [0.3, 0.4) is 0 Å². The SMILES string of the molecule is CCC(C)CC(CC)NCc1cn(C)nc1C. The summed E-state index contributed by atoms with van der Waals surface area (Å²) >= 11 is 0. The van der Waals surface area contributed by atoms with E-state index in [2.05, 4.69) is 44.3 Å². The van der Waals surface area contributed by atoms with Crippen molar-refractivity contribution in [3.8, 4) is 0 Å². The molecule has 0 saturated carbocycles. The maximum absolute atomic E-state index is 4.37. The zero-order chi connectivity index (χ0) is 12.8. The Labute approximate surface area is 106 Å². The lowest BCUT2D eigenvalue weighted by Crippen LogP contribution is -2.29. The number of nitrogens with zero attached hydrogens (tertiary/aromatic N) is 2. The summed E-state index contributed by atoms with van der Waals surface area (Å²) < 4.78 is 1.89. The van der Waals surface area contributed by atoms with E-state index in [0.717, 1.165) is 18.2 Å². The van der Waals surface area contributed by atoms with Gasteiger partial charge in [-0.15, -0.1) is 0 Å². The second-order valence-corrected chi connectivity index (χ2v) is 5.15. The maximum atomic E-state index is 4.37. The van der Waals surface area contributed by atoms with Gasteiger partial charge in [0.15, 0.2) is 0 Å². The summed E-state index contributed by atoms with van der Waals surface area (Å²) in [5, 5.41) is 8.02. The van der Waals surface area contributed by atoms with Crippen molar-refractivity contribution >= 4 is 0 Å². The molecule has 17 heavy (non-hydrogen) atoms. The van der Waals surface area contributed by atoms with E-state index < -0.39 is 0 Å². The number of rotatable bonds is 7. The average molecular weight is 237 g/mol. The van der Waals surface area contributed by atoms with Crippen LogP contribution in [0.4, 0.5) is 0 Å². The Kier molecular flexibility index (Phi) is 5.69. The number of aromatic nitrogens is 2. The molecule has 1 aromatic rings. The highest BCUT2D eigenvalue weighted by atomic mass is 15.2. The van der Waals surface area contributed by atoms with Crippen LogP contribution in [0.2, 0.25) is 0 Å². The minimum atomic E-state index is 0.629. The molecule has 0 amide bonds. The Balaban J connectivity index is 2.44. The number of nitrogens with one attached hydrogen (secondary N) is 1. The predicted molar refractivity (Wildman–Crippen MR) is 72.9 cm³/mol. The Bertz CT molecular complexity index is 330. The maximum Gasteiger partial charge on any atom is 0.0638 e. The van der Waals surface area contributed by atoms with Gasteiger partial charge in [-0.1, -0.05) is 27.2 Å². The molecule has 1 heterocycles. The van der Waals surface area contributed by atoms with Gasteiger partial charge in [-0.05, 0) is 25.7 Å². The van der Waals surface area contributed by atoms with Crippen molar-refractivity contribution in [1.82, 2.24) is 15.1 Å². The molecule has 0 aromatic carbocycles. The van der Waals surface area contributed by atoms with Gasteiger partial charge >= 0.3 is 0 Å². The summed E-state index contributed by atoms with van der Waals surface area (Å²) in [6, 6.07) is 0.629. The molecule has 0 fully saturated rings. The first-order valence-electron chi connectivity index (χ1n) is 6.79. The van der Waals surface area contributed by atoms with Crippen molar-refractivity contribution in [2.24, 2.45) is 13.0 Å². The number of hydrogen-bond donors (Lipinski definition) is 1. The monoisotopic (exact) mass is 237 g/mol. The van der Waals surface area contributed by atoms with Gasteiger partial charge in [0.05, 0.1) is 5.69 Å². The van der Waals surface area contributed by atoms with Gasteiger partial charge in [-0.25, -0.2) is 0 Å². The van der Waals surface area contributed by atoms with Crippen LogP contribution in [0.1, 0.15) is 51.3 Å². The molecule has 1 aromatic heterocycles. The molecule has 0 saturated heterocycles. The first kappa shape index (κ1) is 14.2. The average Bonchev–Trinajstić information content (AvgIpc) is 2.62. The zero-order valence-electron chi connectivity index (χ0n) is 12.0. The number of hydrogen-bond acceptors (Lipinski definition) is 2. The van der Waals surface area contributed by atoms with Crippen LogP contribution in [0.25, 0.3) is 0 Å². The predicted octanol–water partition coefficient (Wildman–Crippen LogP) is 3.03. The van der Waals surface area contributed by atoms with Crippen LogP contribution in [0, 0.1) is 12.8 Å². The van der Waals surface area contributed by atoms with Gasteiger partial charge in [0, 0.05) is 31.4 Å². The molecule has 2 unspecified atom stereocenters. The third-order valence-corrected chi connectivity index (χ3v) is 3.57. The second kappa shape index (κ2) is 6.80. The first-order chi connectivity index (χ1) is 8.06. The summed E-state index contributed by atoms with van der Waals surface area (Å²) in [6.45, 7) is 9.87. The van der Waals surface area contributed by atoms with Gasteiger partial charge in [-0.3, -0.25) is 4.68 Å². The highest BCUT2D eigenvalue weighted by Gasteiger charge is 2.11. The van der Waals surface area contributed by atoms with Crippen LogP contribution in [-0.4, -0.2) is 15.8 Å². The fourth-order valence-corrected chi connectivity index (χ4v) is 2.12. The lowest BCUT2D eigenvalue weighted by atomic mass is 9.97. The van der Waals surface area contributed by atoms with E-state index in [1.807, 2.05) is 11.7 Å². The Morgan fingerprint density at radius 2 is 2.06 bits per heavy atom. The standard InChI is InChI=1S/C14H27N3/c1-6-11(3)8-14(7-2)15-9-13-10-17(5)16-12(13)4/h10-11,14-15H,6-9H2,1-5H3. The van der Waals surface area contributed by atoms with Crippen LogP contribution >= 0.6 is 0 Å². The molecule has 1 rings (SSSR count). The molecule has 0 aliphatic heterocycles. The third-order valence-electron chi connectivity index (χ3n) is 3.57. The van der Waals surface area contributed by atoms with Gasteiger partial charge < -0.3 is 5.32 Å². The van der Waals surface area contributed by atoms with E-state index in [0.29, 0.717) is 6.04 Å². The fourth-order valence-electron chi connectivity index (χ4n) is 2.12. The molecule has 0 aliphatic rings. The lowest BCUT2D eigenvalue weighted by Gasteiger charge is -2.20. The van der Waals surface area contributed by atoms with Crippen LogP contribution in [0.5, 0.6) is 0 Å². The van der Waals surface area contributed by atoms with Crippen molar-refractivity contribution < 1.29 is 0 Å². The lowest BCUT2D eigenvalue weighted by molar-refractivity contribution is 0.384. The zero-order valence-corrected chi connectivity index (χ0v) is 12.0. The van der Waals surface area contributed by atoms with E-state index in [-0.39, 0.29) is 0 Å². The topological polar surface area (TPSA) is 29.9 Å². The van der Waals surface area contributed by atoms with E-state index in [1.54, 1.807) is 0 Å². The fraction of sp³-hybridized carbons (Fsp3) is 0.786. The van der Waals surface area contributed by atoms with Crippen LogP contribution in [-0.2, 0) is 13.6 Å². The smallest absolute Gasteiger partial charge is 0.0638 e. The molecule has 2 atom stereocenters. The Morgan fingerprint density at radius 1 is 1.35 bits per heavy atom. The van der Waals surface area contributed by atoms with Crippen molar-refractivity contribution in [3.05, 3.63) is 17.5 Å². The normalized spacial score (nSPS) is 14.9. The van der Waals surface area contributed by atoms with Crippen molar-refractivity contribution in [2.75, 3.05) is 0 Å². The van der Waals surface area contributed by atoms with E-state index in [4.69, 9.17) is 0 Å². The molecule has 0 aliphatic carbocycles. The summed E-state index contributed by atoms with van der Waals surface area (Å²) in [5.41, 5.74) is 2.45. The summed E-state index contributed by atoms with van der Waals surface area (Å²) in [7, 11) is 1.98. The summed E-state index contributed by atoms with van der Waals surface area (Å²) in [4.78, 5) is 0. The minimum absolute atomic E-state index is 0.629. The van der Waals surface area contributed by atoms with Crippen molar-refractivity contribution in [2.45, 2.75) is 59.5 Å². The minimum Gasteiger partial charge on any atom is -0.310 e. The van der Waals surface area contributed by atoms with Gasteiger partial charge in [0.2, 0.25) is 0 Å². The third kappa shape index (κ3) is 4.50. The highest BCUT2D eigenvalue weighted by molar-refractivity contribution is 5.14. The largest absolute Gasteiger partial charge is 0.310 e. The van der Waals surface area contributed by atoms with Crippen LogP contribution < -0.4 is 5.32 Å². The second-order valence-electron chi connectivity index (χ2n) is 5.15. The molecule has 1 N–H and O–H groups in total. The molecule has 3 nitrogen and oxygen atoms in total.